The minimum Gasteiger partial charge on any atom is -0.339 e. The van der Waals surface area contributed by atoms with Crippen molar-refractivity contribution in [2.45, 2.75) is 25.2 Å². The number of hydrogen-bond donors (Lipinski definition) is 1. The molecule has 1 aliphatic rings. The molecule has 0 unspecified atom stereocenters. The van der Waals surface area contributed by atoms with E-state index in [2.05, 4.69) is 15.5 Å². The fourth-order valence-corrected chi connectivity index (χ4v) is 1.57. The fraction of sp³-hybridized carbons (Fsp3) is 0.750. The second-order valence-corrected chi connectivity index (χ2v) is 3.32. The minimum absolute atomic E-state index is 0.135. The Hall–Kier alpha value is -1.04. The van der Waals surface area contributed by atoms with E-state index < -0.39 is 12.2 Å². The van der Waals surface area contributed by atoms with Crippen molar-refractivity contribution in [2.75, 3.05) is 13.1 Å². The first-order chi connectivity index (χ1) is 6.77. The van der Waals surface area contributed by atoms with Gasteiger partial charge in [-0.3, -0.25) is 0 Å². The summed E-state index contributed by atoms with van der Waals surface area (Å²) in [5.74, 6) is -0.0171. The zero-order valence-electron chi connectivity index (χ0n) is 7.54. The van der Waals surface area contributed by atoms with Gasteiger partial charge >= 0.3 is 6.43 Å². The van der Waals surface area contributed by atoms with E-state index >= 15 is 0 Å². The van der Waals surface area contributed by atoms with Crippen LogP contribution in [-0.4, -0.2) is 23.2 Å². The van der Waals surface area contributed by atoms with Crippen molar-refractivity contribution in [1.82, 2.24) is 15.5 Å². The predicted molar refractivity (Wildman–Crippen MR) is 44.1 cm³/mol. The summed E-state index contributed by atoms with van der Waals surface area (Å²) in [6.45, 7) is 1.74. The number of alkyl halides is 2. The van der Waals surface area contributed by atoms with Crippen LogP contribution in [0.25, 0.3) is 0 Å². The monoisotopic (exact) mass is 203 g/mol. The Labute approximate surface area is 79.7 Å². The highest BCUT2D eigenvalue weighted by Gasteiger charge is 2.23. The van der Waals surface area contributed by atoms with Gasteiger partial charge in [0.15, 0.2) is 0 Å². The smallest absolute Gasteiger partial charge is 0.300 e. The molecule has 0 amide bonds. The molecule has 1 fully saturated rings. The molecule has 14 heavy (non-hydrogen) atoms. The second kappa shape index (κ2) is 4.00. The van der Waals surface area contributed by atoms with E-state index in [0.717, 1.165) is 25.9 Å². The summed E-state index contributed by atoms with van der Waals surface area (Å²) in [6, 6.07) is 0. The Morgan fingerprint density at radius 3 is 2.64 bits per heavy atom. The summed E-state index contributed by atoms with van der Waals surface area (Å²) < 4.78 is 29.1. The van der Waals surface area contributed by atoms with Gasteiger partial charge in [0, 0.05) is 5.92 Å². The van der Waals surface area contributed by atoms with Gasteiger partial charge in [0.05, 0.1) is 0 Å². The third-order valence-corrected chi connectivity index (χ3v) is 2.34. The molecule has 1 aliphatic heterocycles. The van der Waals surface area contributed by atoms with Crippen LogP contribution in [0, 0.1) is 0 Å². The van der Waals surface area contributed by atoms with Gasteiger partial charge in [-0.15, -0.1) is 0 Å². The molecule has 0 atom stereocenters. The normalized spacial score (nSPS) is 19.1. The second-order valence-electron chi connectivity index (χ2n) is 3.32. The lowest BCUT2D eigenvalue weighted by Crippen LogP contribution is -2.26. The van der Waals surface area contributed by atoms with Crippen LogP contribution in [0.4, 0.5) is 8.78 Å². The molecule has 1 aromatic heterocycles. The average molecular weight is 203 g/mol. The highest BCUT2D eigenvalue weighted by Crippen LogP contribution is 2.25. The molecule has 0 bridgehead atoms. The van der Waals surface area contributed by atoms with E-state index in [1.807, 2.05) is 0 Å². The average Bonchev–Trinajstić information content (AvgIpc) is 2.68. The van der Waals surface area contributed by atoms with Crippen LogP contribution >= 0.6 is 0 Å². The molecular weight excluding hydrogens is 192 g/mol. The van der Waals surface area contributed by atoms with Crippen molar-refractivity contribution in [3.8, 4) is 0 Å². The Morgan fingerprint density at radius 1 is 1.36 bits per heavy atom. The van der Waals surface area contributed by atoms with Gasteiger partial charge < -0.3 is 9.84 Å². The Balaban J connectivity index is 2.07. The number of piperidine rings is 1. The van der Waals surface area contributed by atoms with Gasteiger partial charge in [0.25, 0.3) is 0 Å². The van der Waals surface area contributed by atoms with Crippen LogP contribution in [0.5, 0.6) is 0 Å². The zero-order chi connectivity index (χ0) is 9.97. The highest BCUT2D eigenvalue weighted by molar-refractivity contribution is 4.96. The van der Waals surface area contributed by atoms with Crippen molar-refractivity contribution in [3.05, 3.63) is 11.7 Å². The largest absolute Gasteiger partial charge is 0.339 e. The van der Waals surface area contributed by atoms with Crippen LogP contribution in [0.3, 0.4) is 0 Å². The van der Waals surface area contributed by atoms with Crippen molar-refractivity contribution in [3.63, 3.8) is 0 Å². The van der Waals surface area contributed by atoms with E-state index in [9.17, 15) is 8.78 Å². The number of halogens is 2. The maximum Gasteiger partial charge on any atom is 0.300 e. The van der Waals surface area contributed by atoms with E-state index in [1.54, 1.807) is 0 Å². The maximum absolute atomic E-state index is 12.2. The van der Waals surface area contributed by atoms with Crippen LogP contribution in [0.2, 0.25) is 0 Å². The van der Waals surface area contributed by atoms with Gasteiger partial charge in [-0.1, -0.05) is 5.16 Å². The van der Waals surface area contributed by atoms with Crippen molar-refractivity contribution in [1.29, 1.82) is 0 Å². The summed E-state index contributed by atoms with van der Waals surface area (Å²) in [4.78, 5) is 3.68. The molecule has 1 saturated heterocycles. The summed E-state index contributed by atoms with van der Waals surface area (Å²) in [7, 11) is 0. The van der Waals surface area contributed by atoms with Crippen molar-refractivity contribution in [2.24, 2.45) is 0 Å². The first-order valence-electron chi connectivity index (χ1n) is 4.59. The molecule has 1 aromatic rings. The minimum atomic E-state index is -2.64. The topological polar surface area (TPSA) is 51.0 Å². The van der Waals surface area contributed by atoms with E-state index in [-0.39, 0.29) is 5.92 Å². The van der Waals surface area contributed by atoms with Gasteiger partial charge in [-0.25, -0.2) is 8.78 Å². The third-order valence-electron chi connectivity index (χ3n) is 2.34. The molecule has 0 saturated carbocycles. The molecule has 2 heterocycles. The SMILES string of the molecule is FC(F)c1noc(C2CCNCC2)n1. The predicted octanol–water partition coefficient (Wildman–Crippen LogP) is 1.47. The molecule has 78 valence electrons. The molecule has 0 aromatic carbocycles. The van der Waals surface area contributed by atoms with Gasteiger partial charge in [0.2, 0.25) is 11.7 Å². The molecule has 0 radical (unpaired) electrons. The van der Waals surface area contributed by atoms with Crippen LogP contribution < -0.4 is 5.32 Å². The molecule has 0 spiro atoms. The maximum atomic E-state index is 12.2. The Morgan fingerprint density at radius 2 is 2.07 bits per heavy atom. The molecule has 4 nitrogen and oxygen atoms in total. The molecule has 6 heteroatoms. The summed E-state index contributed by atoms with van der Waals surface area (Å²) in [6.07, 6.45) is -0.912. The lowest BCUT2D eigenvalue weighted by atomic mass is 9.98. The van der Waals surface area contributed by atoms with Gasteiger partial charge in [-0.05, 0) is 25.9 Å². The first kappa shape index (κ1) is 9.51. The lowest BCUT2D eigenvalue weighted by Gasteiger charge is -2.18. The van der Waals surface area contributed by atoms with E-state index in [1.165, 1.54) is 0 Å². The van der Waals surface area contributed by atoms with E-state index in [4.69, 9.17) is 4.52 Å². The summed E-state index contributed by atoms with van der Waals surface area (Å²) in [5, 5.41) is 6.41. The molecule has 1 N–H and O–H groups in total. The number of nitrogens with zero attached hydrogens (tertiary/aromatic N) is 2. The standard InChI is InChI=1S/C8H11F2N3O/c9-6(10)7-12-8(14-13-7)5-1-3-11-4-2-5/h5-6,11H,1-4H2. The number of nitrogens with one attached hydrogen (secondary N) is 1. The zero-order valence-corrected chi connectivity index (χ0v) is 7.54. The first-order valence-corrected chi connectivity index (χ1v) is 4.59. The summed E-state index contributed by atoms with van der Waals surface area (Å²) >= 11 is 0. The Kier molecular flexibility index (Phi) is 2.72. The number of aromatic nitrogens is 2. The van der Waals surface area contributed by atoms with Crippen LogP contribution in [0.15, 0.2) is 4.52 Å². The molecular formula is C8H11F2N3O. The quantitative estimate of drug-likeness (QED) is 0.790. The van der Waals surface area contributed by atoms with Crippen molar-refractivity contribution >= 4 is 0 Å². The van der Waals surface area contributed by atoms with Gasteiger partial charge in [-0.2, -0.15) is 4.98 Å². The fourth-order valence-electron chi connectivity index (χ4n) is 1.57. The Bertz CT molecular complexity index is 297. The van der Waals surface area contributed by atoms with Gasteiger partial charge in [0.1, 0.15) is 0 Å². The lowest BCUT2D eigenvalue weighted by molar-refractivity contribution is 0.136. The van der Waals surface area contributed by atoms with E-state index in [0.29, 0.717) is 5.89 Å². The molecule has 2 rings (SSSR count). The highest BCUT2D eigenvalue weighted by atomic mass is 19.3. The number of hydrogen-bond acceptors (Lipinski definition) is 4. The molecule has 0 aliphatic carbocycles. The van der Waals surface area contributed by atoms with Crippen molar-refractivity contribution < 1.29 is 13.3 Å². The third kappa shape index (κ3) is 1.89. The van der Waals surface area contributed by atoms with Crippen LogP contribution in [0.1, 0.15) is 36.9 Å². The number of rotatable bonds is 2. The van der Waals surface area contributed by atoms with Crippen LogP contribution in [-0.2, 0) is 0 Å². The summed E-state index contributed by atoms with van der Waals surface area (Å²) in [5.41, 5.74) is 0.